The number of carboxylic acid groups (broad SMARTS) is 1. The van der Waals surface area contributed by atoms with Crippen molar-refractivity contribution in [3.63, 3.8) is 0 Å². The predicted molar refractivity (Wildman–Crippen MR) is 85.2 cm³/mol. The van der Waals surface area contributed by atoms with E-state index in [0.717, 1.165) is 10.0 Å². The molecule has 2 amide bonds. The van der Waals surface area contributed by atoms with E-state index in [1.165, 1.54) is 4.90 Å². The molecule has 0 bridgehead atoms. The van der Waals surface area contributed by atoms with Gasteiger partial charge in [0.1, 0.15) is 0 Å². The maximum atomic E-state index is 12.3. The minimum Gasteiger partial charge on any atom is -0.481 e. The average Bonchev–Trinajstić information content (AvgIpc) is 2.39. The minimum atomic E-state index is -0.908. The van der Waals surface area contributed by atoms with Gasteiger partial charge in [0.2, 0.25) is 0 Å². The van der Waals surface area contributed by atoms with Crippen LogP contribution in [-0.4, -0.2) is 34.6 Å². The molecule has 21 heavy (non-hydrogen) atoms. The fraction of sp³-hybridized carbons (Fsp3) is 0.467. The molecule has 2 atom stereocenters. The van der Waals surface area contributed by atoms with E-state index in [-0.39, 0.29) is 24.5 Å². The Balaban J connectivity index is 2.68. The summed E-state index contributed by atoms with van der Waals surface area (Å²) in [5.74, 6) is -0.908. The zero-order valence-corrected chi connectivity index (χ0v) is 14.1. The third-order valence-corrected chi connectivity index (χ3v) is 3.84. The van der Waals surface area contributed by atoms with E-state index in [4.69, 9.17) is 5.11 Å². The van der Waals surface area contributed by atoms with Crippen LogP contribution in [0.3, 0.4) is 0 Å². The van der Waals surface area contributed by atoms with E-state index in [2.05, 4.69) is 21.2 Å². The first-order chi connectivity index (χ1) is 9.85. The summed E-state index contributed by atoms with van der Waals surface area (Å²) >= 11 is 3.37. The number of aliphatic carboxylic acids is 1. The highest BCUT2D eigenvalue weighted by atomic mass is 79.9. The van der Waals surface area contributed by atoms with Gasteiger partial charge in [-0.2, -0.15) is 0 Å². The maximum Gasteiger partial charge on any atom is 0.318 e. The lowest BCUT2D eigenvalue weighted by atomic mass is 10.1. The highest BCUT2D eigenvalue weighted by Crippen LogP contribution is 2.17. The number of benzene rings is 1. The maximum absolute atomic E-state index is 12.3. The summed E-state index contributed by atoms with van der Waals surface area (Å²) in [6, 6.07) is 6.98. The zero-order chi connectivity index (χ0) is 16.0. The predicted octanol–water partition coefficient (Wildman–Crippen LogP) is 3.40. The molecule has 0 saturated carbocycles. The topological polar surface area (TPSA) is 69.6 Å². The number of nitrogens with one attached hydrogen (secondary N) is 1. The second-order valence-electron chi connectivity index (χ2n) is 4.96. The molecule has 0 heterocycles. The Hall–Kier alpha value is -1.56. The van der Waals surface area contributed by atoms with Crippen molar-refractivity contribution in [2.24, 2.45) is 0 Å². The number of rotatable bonds is 6. The van der Waals surface area contributed by atoms with Gasteiger partial charge in [0.25, 0.3) is 0 Å². The summed E-state index contributed by atoms with van der Waals surface area (Å²) in [7, 11) is 0. The molecule has 0 aromatic heterocycles. The van der Waals surface area contributed by atoms with Gasteiger partial charge in [0.15, 0.2) is 0 Å². The van der Waals surface area contributed by atoms with Crippen LogP contribution < -0.4 is 5.32 Å². The Labute approximate surface area is 133 Å². The van der Waals surface area contributed by atoms with Gasteiger partial charge < -0.3 is 15.3 Å². The van der Waals surface area contributed by atoms with E-state index in [1.807, 2.05) is 38.1 Å². The van der Waals surface area contributed by atoms with Gasteiger partial charge in [0, 0.05) is 17.1 Å². The van der Waals surface area contributed by atoms with Crippen LogP contribution in [0.4, 0.5) is 4.79 Å². The molecule has 0 saturated heterocycles. The highest BCUT2D eigenvalue weighted by Gasteiger charge is 2.22. The number of urea groups is 1. The van der Waals surface area contributed by atoms with E-state index in [9.17, 15) is 9.59 Å². The number of carboxylic acids is 1. The van der Waals surface area contributed by atoms with Crippen molar-refractivity contribution in [3.8, 4) is 0 Å². The Morgan fingerprint density at radius 3 is 2.33 bits per heavy atom. The molecular formula is C15H21BrN2O3. The van der Waals surface area contributed by atoms with Crippen LogP contribution in [0.15, 0.2) is 28.7 Å². The summed E-state index contributed by atoms with van der Waals surface area (Å²) in [6.07, 6.45) is -0.0616. The number of carbonyl (C=O) groups excluding carboxylic acids is 1. The standard InChI is InChI=1S/C15H21BrN2O3/c1-4-18(10(2)9-14(19)20)15(21)17-11(3)12-5-7-13(16)8-6-12/h5-8,10-11H,4,9H2,1-3H3,(H,17,21)(H,19,20). The van der Waals surface area contributed by atoms with Crippen LogP contribution in [0.2, 0.25) is 0 Å². The smallest absolute Gasteiger partial charge is 0.318 e. The lowest BCUT2D eigenvalue weighted by Gasteiger charge is -2.29. The lowest BCUT2D eigenvalue weighted by Crippen LogP contribution is -2.46. The van der Waals surface area contributed by atoms with Crippen molar-refractivity contribution in [1.29, 1.82) is 0 Å². The minimum absolute atomic E-state index is 0.0616. The molecule has 1 aromatic carbocycles. The van der Waals surface area contributed by atoms with Gasteiger partial charge in [-0.05, 0) is 38.5 Å². The molecule has 6 heteroatoms. The second-order valence-corrected chi connectivity index (χ2v) is 5.87. The van der Waals surface area contributed by atoms with Crippen LogP contribution in [0, 0.1) is 0 Å². The Morgan fingerprint density at radius 1 is 1.29 bits per heavy atom. The van der Waals surface area contributed by atoms with Crippen molar-refractivity contribution in [2.45, 2.75) is 39.3 Å². The summed E-state index contributed by atoms with van der Waals surface area (Å²) in [4.78, 5) is 24.6. The van der Waals surface area contributed by atoms with Crippen molar-refractivity contribution in [2.75, 3.05) is 6.54 Å². The van der Waals surface area contributed by atoms with Gasteiger partial charge >= 0.3 is 12.0 Å². The average molecular weight is 357 g/mol. The van der Waals surface area contributed by atoms with Crippen molar-refractivity contribution >= 4 is 27.9 Å². The third kappa shape index (κ3) is 5.38. The van der Waals surface area contributed by atoms with Crippen LogP contribution in [0.1, 0.15) is 38.8 Å². The molecule has 0 spiro atoms. The van der Waals surface area contributed by atoms with Gasteiger partial charge in [-0.1, -0.05) is 28.1 Å². The normalized spacial score (nSPS) is 13.3. The third-order valence-electron chi connectivity index (χ3n) is 3.31. The van der Waals surface area contributed by atoms with Gasteiger partial charge in [-0.3, -0.25) is 4.79 Å². The highest BCUT2D eigenvalue weighted by molar-refractivity contribution is 9.10. The molecule has 2 unspecified atom stereocenters. The molecule has 0 radical (unpaired) electrons. The second kappa shape index (κ2) is 8.02. The monoisotopic (exact) mass is 356 g/mol. The lowest BCUT2D eigenvalue weighted by molar-refractivity contribution is -0.138. The quantitative estimate of drug-likeness (QED) is 0.820. The van der Waals surface area contributed by atoms with E-state index in [0.29, 0.717) is 6.54 Å². The van der Waals surface area contributed by atoms with Gasteiger partial charge in [-0.25, -0.2) is 4.79 Å². The molecule has 0 aliphatic heterocycles. The first-order valence-corrected chi connectivity index (χ1v) is 7.68. The Morgan fingerprint density at radius 2 is 1.86 bits per heavy atom. The Bertz CT molecular complexity index is 490. The van der Waals surface area contributed by atoms with E-state index >= 15 is 0 Å². The molecule has 116 valence electrons. The van der Waals surface area contributed by atoms with Crippen LogP contribution in [0.5, 0.6) is 0 Å². The molecule has 0 aliphatic rings. The van der Waals surface area contributed by atoms with Crippen molar-refractivity contribution in [1.82, 2.24) is 10.2 Å². The fourth-order valence-corrected chi connectivity index (χ4v) is 2.39. The molecular weight excluding hydrogens is 336 g/mol. The Kier molecular flexibility index (Phi) is 6.68. The largest absolute Gasteiger partial charge is 0.481 e. The first kappa shape index (κ1) is 17.5. The number of hydrogen-bond donors (Lipinski definition) is 2. The summed E-state index contributed by atoms with van der Waals surface area (Å²) in [5.41, 5.74) is 0.994. The number of amides is 2. The molecule has 0 aliphatic carbocycles. The van der Waals surface area contributed by atoms with Crippen LogP contribution >= 0.6 is 15.9 Å². The number of carbonyl (C=O) groups is 2. The zero-order valence-electron chi connectivity index (χ0n) is 12.5. The van der Waals surface area contributed by atoms with Crippen LogP contribution in [0.25, 0.3) is 0 Å². The van der Waals surface area contributed by atoms with Gasteiger partial charge in [0.05, 0.1) is 12.5 Å². The molecule has 2 N–H and O–H groups in total. The van der Waals surface area contributed by atoms with Gasteiger partial charge in [-0.15, -0.1) is 0 Å². The summed E-state index contributed by atoms with van der Waals surface area (Å²) in [5, 5.41) is 11.7. The first-order valence-electron chi connectivity index (χ1n) is 6.89. The molecule has 0 fully saturated rings. The summed E-state index contributed by atoms with van der Waals surface area (Å²) < 4.78 is 0.982. The fourth-order valence-electron chi connectivity index (χ4n) is 2.12. The number of halogens is 1. The number of nitrogens with zero attached hydrogens (tertiary/aromatic N) is 1. The number of hydrogen-bond acceptors (Lipinski definition) is 2. The van der Waals surface area contributed by atoms with E-state index < -0.39 is 5.97 Å². The molecule has 1 aromatic rings. The summed E-state index contributed by atoms with van der Waals surface area (Å²) in [6.45, 7) is 5.94. The van der Waals surface area contributed by atoms with E-state index in [1.54, 1.807) is 6.92 Å². The molecule has 1 rings (SSSR count). The SMILES string of the molecule is CCN(C(=O)NC(C)c1ccc(Br)cc1)C(C)CC(=O)O. The van der Waals surface area contributed by atoms with Crippen molar-refractivity contribution in [3.05, 3.63) is 34.3 Å². The molecule has 5 nitrogen and oxygen atoms in total. The van der Waals surface area contributed by atoms with Crippen molar-refractivity contribution < 1.29 is 14.7 Å². The van der Waals surface area contributed by atoms with Crippen LogP contribution in [-0.2, 0) is 4.79 Å².